The summed E-state index contributed by atoms with van der Waals surface area (Å²) in [7, 11) is -29.0. The minimum absolute atomic E-state index is 0.0518. The van der Waals surface area contributed by atoms with Gasteiger partial charge in [-0.25, -0.2) is 24.1 Å². The fourth-order valence-electron chi connectivity index (χ4n) is 13.1. The lowest BCUT2D eigenvalue weighted by Crippen LogP contribution is -2.64. The van der Waals surface area contributed by atoms with E-state index in [0.717, 1.165) is 6.66 Å². The van der Waals surface area contributed by atoms with Gasteiger partial charge < -0.3 is 180 Å². The molecule has 6 heterocycles. The van der Waals surface area contributed by atoms with E-state index in [2.05, 4.69) is 20.3 Å². The van der Waals surface area contributed by atoms with Gasteiger partial charge in [-0.05, 0) is 57.8 Å². The van der Waals surface area contributed by atoms with Gasteiger partial charge in [0.2, 0.25) is 5.91 Å². The lowest BCUT2D eigenvalue weighted by Gasteiger charge is -2.42. The first-order chi connectivity index (χ1) is 61.2. The van der Waals surface area contributed by atoms with Gasteiger partial charge in [-0.1, -0.05) is 52.4 Å². The van der Waals surface area contributed by atoms with Crippen molar-refractivity contribution in [2.24, 2.45) is 23.2 Å². The molecule has 4 saturated heterocycles. The molecule has 6 rings (SSSR count). The molecule has 0 spiro atoms. The van der Waals surface area contributed by atoms with Crippen LogP contribution in [0.15, 0.2) is 12.7 Å². The van der Waals surface area contributed by atoms with Gasteiger partial charge in [-0.2, -0.15) is 0 Å². The van der Waals surface area contributed by atoms with Crippen LogP contribution in [-0.4, -0.2) is 355 Å². The Balaban J connectivity index is 1.02. The molecule has 129 heavy (non-hydrogen) atoms. The molecule has 0 radical (unpaired) electrons. The van der Waals surface area contributed by atoms with Gasteiger partial charge in [-0.15, -0.1) is 0 Å². The lowest BCUT2D eigenvalue weighted by molar-refractivity contribution is -0.282. The summed E-state index contributed by atoms with van der Waals surface area (Å²) in [6.07, 6.45) is -10.2. The first-order valence-corrected chi connectivity index (χ1v) is 51.7. The van der Waals surface area contributed by atoms with Crippen LogP contribution in [-0.2, 0) is 139 Å². The van der Waals surface area contributed by atoms with Crippen molar-refractivity contribution >= 4 is 69.6 Å². The van der Waals surface area contributed by atoms with Crippen LogP contribution in [0.3, 0.4) is 0 Å². The number of unbranched alkanes of at least 4 members (excludes halogenated alkanes) is 9. The van der Waals surface area contributed by atoms with Gasteiger partial charge in [0, 0.05) is 77.4 Å². The van der Waals surface area contributed by atoms with Crippen LogP contribution in [0.2, 0.25) is 0 Å². The summed E-state index contributed by atoms with van der Waals surface area (Å²) in [6, 6.07) is -1.14. The minimum Gasteiger partial charge on any atom is -0.756 e. The minimum atomic E-state index is -5.22. The number of imidazole rings is 1. The van der Waals surface area contributed by atoms with Crippen LogP contribution >= 0.6 is 46.7 Å². The number of amides is 1. The number of aliphatic hydroxyl groups is 10. The number of hydrogen-bond acceptors (Lipinski definition) is 47. The van der Waals surface area contributed by atoms with Crippen LogP contribution in [0.4, 0.5) is 5.82 Å². The van der Waals surface area contributed by atoms with Gasteiger partial charge in [0.25, 0.3) is 23.5 Å². The molecule has 13 unspecified atom stereocenters. The third kappa shape index (κ3) is 42.9. The maximum Gasteiger partial charge on any atom is 0.474 e. The first-order valence-electron chi connectivity index (χ1n) is 42.3. The van der Waals surface area contributed by atoms with E-state index >= 15 is 0 Å². The summed E-state index contributed by atoms with van der Waals surface area (Å²) >= 11 is 0. The summed E-state index contributed by atoms with van der Waals surface area (Å²) in [5.41, 5.74) is 4.71. The lowest BCUT2D eigenvalue weighted by atomic mass is 9.92. The van der Waals surface area contributed by atoms with E-state index < -0.39 is 280 Å². The number of hydrogen-bond donors (Lipinski definition) is 15. The van der Waals surface area contributed by atoms with E-state index in [9.17, 15) is 113 Å². The fourth-order valence-corrected chi connectivity index (χ4v) is 17.5. The second-order valence-corrected chi connectivity index (χ2v) is 40.1. The first kappa shape index (κ1) is 115. The summed E-state index contributed by atoms with van der Waals surface area (Å²) < 4.78 is 204. The molecule has 0 bridgehead atoms. The molecular formula is C71H131N6O46P6-3. The van der Waals surface area contributed by atoms with Gasteiger partial charge >= 0.3 is 23.2 Å². The predicted molar refractivity (Wildman–Crippen MR) is 435 cm³/mol. The number of carbonyl (C=O) groups excluding carboxylic acids is 1. The highest BCUT2D eigenvalue weighted by Crippen LogP contribution is 2.51. The summed E-state index contributed by atoms with van der Waals surface area (Å²) in [4.78, 5) is 94.1. The Morgan fingerprint density at radius 2 is 0.899 bits per heavy atom. The predicted octanol–water partition coefficient (Wildman–Crippen LogP) is -0.744. The van der Waals surface area contributed by atoms with E-state index in [1.807, 2.05) is 0 Å². The number of phosphoric acid groups is 5. The third-order valence-electron chi connectivity index (χ3n) is 20.3. The van der Waals surface area contributed by atoms with Crippen molar-refractivity contribution in [3.05, 3.63) is 12.7 Å². The number of carbonyl (C=O) groups is 1. The number of anilines is 1. The van der Waals surface area contributed by atoms with Gasteiger partial charge in [0.1, 0.15) is 79.0 Å². The van der Waals surface area contributed by atoms with Crippen molar-refractivity contribution in [3.63, 3.8) is 0 Å². The van der Waals surface area contributed by atoms with Crippen molar-refractivity contribution in [2.75, 3.05) is 178 Å². The molecule has 0 aromatic carbocycles. The van der Waals surface area contributed by atoms with Crippen molar-refractivity contribution in [1.82, 2.24) is 24.8 Å². The molecule has 4 aliphatic rings. The normalized spacial score (nSPS) is 28.8. The molecule has 1 amide bonds. The molecule has 4 fully saturated rings. The molecule has 58 heteroatoms. The number of rotatable bonds is 72. The molecule has 2 aromatic heterocycles. The highest BCUT2D eigenvalue weighted by Gasteiger charge is 2.48. The third-order valence-corrected chi connectivity index (χ3v) is 25.8. The van der Waals surface area contributed by atoms with E-state index in [0.29, 0.717) is 70.6 Å². The van der Waals surface area contributed by atoms with Crippen molar-refractivity contribution in [1.29, 1.82) is 0 Å². The maximum atomic E-state index is 13.7. The maximum absolute atomic E-state index is 13.7. The molecule has 25 atom stereocenters. The van der Waals surface area contributed by atoms with E-state index in [4.69, 9.17) is 112 Å². The average molecular weight is 1990 g/mol. The zero-order chi connectivity index (χ0) is 94.9. The molecule has 2 aromatic rings. The molecule has 52 nitrogen and oxygen atoms in total. The van der Waals surface area contributed by atoms with Gasteiger partial charge in [0.15, 0.2) is 43.9 Å². The Morgan fingerprint density at radius 3 is 1.32 bits per heavy atom. The standard InChI is InChI=1S/C71H134N6O46P6/c1-48-60(83)62(85)53(34-79)120-68(48)106-23-11-5-8-14-26-109-125(91,92)112-29-17-20-101-40-71(41-102-21-18-30-113-126(93,94)110-27-15-9-6-12-24-107-69-49(2)61(84)63(86)54(35-80)121-69,42-103-22-19-31-114-127(95,96)111-28-16-10-7-13-25-108-70-58(76-50(3)82)65(88)64(87)55(36-81)122-70)43-116-128(97,98)117-46-104-37-51(33-78)38-105-47-118-129(99,100)123-52-32-57(119-56(52)39-115-124(4,89)90)77-45-75-59-66(72)73-44-74-67(59)77/h44-45,48-49,51-58,60-65,68-70,78-81,83-88H,5-43,46-47H2,1-4H3,(H,76,82)(H,89,90)(H,91,92)(H,93,94)(H,95,96)(H,97,98)(H,99,100)(H2,72,73,74)/p-3/t48?,49?,51?,52-,53?,54?,55?,56+,57+,58?,60+,61+,62-,63-,64-,65+,68+,69+,70+,71?/m0/s1. The molecule has 4 aliphatic heterocycles. The van der Waals surface area contributed by atoms with E-state index in [1.54, 1.807) is 13.8 Å². The second kappa shape index (κ2) is 59.2. The smallest absolute Gasteiger partial charge is 0.474 e. The highest BCUT2D eigenvalue weighted by molar-refractivity contribution is 7.52. The largest absolute Gasteiger partial charge is 0.756 e. The van der Waals surface area contributed by atoms with Crippen molar-refractivity contribution in [2.45, 2.75) is 222 Å². The van der Waals surface area contributed by atoms with Crippen LogP contribution in [0.1, 0.15) is 130 Å². The Kier molecular flexibility index (Phi) is 52.9. The Morgan fingerprint density at radius 1 is 0.496 bits per heavy atom. The Hall–Kier alpha value is -2.36. The zero-order valence-corrected chi connectivity index (χ0v) is 77.8. The number of nitrogens with one attached hydrogen (secondary N) is 1. The quantitative estimate of drug-likeness (QED) is 0.0220. The van der Waals surface area contributed by atoms with Crippen LogP contribution in [0.25, 0.3) is 11.2 Å². The zero-order valence-electron chi connectivity index (χ0n) is 72.5. The number of aliphatic hydroxyl groups excluding tert-OH is 10. The molecule has 0 saturated carbocycles. The number of nitrogens with zero attached hydrogens (tertiary/aromatic N) is 4. The highest BCUT2D eigenvalue weighted by atomic mass is 31.2. The number of nitrogens with two attached hydrogens (primary N) is 1. The monoisotopic (exact) mass is 1990 g/mol. The summed E-state index contributed by atoms with van der Waals surface area (Å²) in [5.74, 6) is -2.60. The molecule has 754 valence electrons. The average Bonchev–Trinajstić information content (AvgIpc) is 1.61. The fraction of sp³-hybridized carbons (Fsp3) is 0.915. The number of nitrogen functional groups attached to an aromatic ring is 1. The number of fused-ring (bicyclic) bond motifs is 1. The van der Waals surface area contributed by atoms with E-state index in [-0.39, 0.29) is 109 Å². The Bertz CT molecular complexity index is 3680. The van der Waals surface area contributed by atoms with Crippen LogP contribution < -0.4 is 25.7 Å². The topological polar surface area (TPSA) is 746 Å². The summed E-state index contributed by atoms with van der Waals surface area (Å²) in [5, 5.41) is 103. The molecule has 0 aliphatic carbocycles. The number of phosphoric ester groups is 5. The SMILES string of the molecule is CC(=O)NC1[C@H](OCCCCCCOP(=O)([O-])OCCCOCC(COCCCOP(=O)([O-])OCCCCCCO[C@@H]2OC(CO)[C@H](O)[C@H](O)C2C)(COCCCOP(=O)([O-])OCCCCCCO[C@@H]2OC(CO)[C@H](O)[C@H](O)C2C)COP(=O)(O)OCOCC(CO)COCOP(=O)(O)O[C@H]2C[C@H](n3cnc4c(N)ncnc43)O[C@@H]2COP(C)(=O)O)OC(CO)[C@H](O)[C@@H]1O. The second-order valence-electron chi connectivity index (χ2n) is 31.2. The molecular weight excluding hydrogens is 1860 g/mol. The van der Waals surface area contributed by atoms with Gasteiger partial charge in [0.05, 0.1) is 136 Å². The van der Waals surface area contributed by atoms with Crippen LogP contribution in [0, 0.1) is 23.2 Å². The van der Waals surface area contributed by atoms with E-state index in [1.165, 1.54) is 24.1 Å². The number of aromatic nitrogens is 4. The van der Waals surface area contributed by atoms with Gasteiger partial charge in [-0.3, -0.25) is 45.7 Å². The summed E-state index contributed by atoms with van der Waals surface area (Å²) in [6.45, 7) is -5.13. The van der Waals surface area contributed by atoms with Crippen LogP contribution in [0.5, 0.6) is 0 Å². The van der Waals surface area contributed by atoms with Crippen molar-refractivity contribution < 1.29 is 219 Å². The van der Waals surface area contributed by atoms with Crippen molar-refractivity contribution in [3.8, 4) is 0 Å². The molecule has 16 N–H and O–H groups in total. The Labute approximate surface area is 746 Å². The number of ether oxygens (including phenoxy) is 12.